The van der Waals surface area contributed by atoms with Crippen molar-refractivity contribution < 1.29 is 0 Å². The van der Waals surface area contributed by atoms with Gasteiger partial charge in [0.05, 0.1) is 4.47 Å². The van der Waals surface area contributed by atoms with Crippen LogP contribution < -0.4 is 5.32 Å². The van der Waals surface area contributed by atoms with Gasteiger partial charge < -0.3 is 5.32 Å². The molecule has 0 saturated carbocycles. The van der Waals surface area contributed by atoms with Gasteiger partial charge in [-0.25, -0.2) is 9.97 Å². The Balaban J connectivity index is 2.22. The van der Waals surface area contributed by atoms with Crippen LogP contribution in [-0.2, 0) is 6.42 Å². The van der Waals surface area contributed by atoms with Crippen LogP contribution in [0.2, 0.25) is 0 Å². The number of nitrogens with zero attached hydrogens (tertiary/aromatic N) is 2. The standard InChI is InChI=1S/C12H12BrN3/c1-14-12-10(13)8-15-11(16-12)7-9-5-3-2-4-6-9/h2-6,8H,7H2,1H3,(H,14,15,16). The summed E-state index contributed by atoms with van der Waals surface area (Å²) in [5.41, 5.74) is 1.21. The Labute approximate surface area is 103 Å². The molecule has 1 aromatic heterocycles. The first kappa shape index (κ1) is 11.1. The number of rotatable bonds is 3. The molecule has 0 atom stereocenters. The highest BCUT2D eigenvalue weighted by Gasteiger charge is 2.03. The third-order valence-electron chi connectivity index (χ3n) is 2.24. The maximum absolute atomic E-state index is 4.42. The summed E-state index contributed by atoms with van der Waals surface area (Å²) < 4.78 is 0.881. The summed E-state index contributed by atoms with van der Waals surface area (Å²) in [4.78, 5) is 8.70. The molecule has 0 radical (unpaired) electrons. The van der Waals surface area contributed by atoms with Crippen LogP contribution >= 0.6 is 15.9 Å². The first-order valence-corrected chi connectivity index (χ1v) is 5.82. The summed E-state index contributed by atoms with van der Waals surface area (Å²) in [6.07, 6.45) is 2.53. The van der Waals surface area contributed by atoms with Crippen molar-refractivity contribution in [1.29, 1.82) is 0 Å². The number of halogens is 1. The molecule has 1 N–H and O–H groups in total. The average molecular weight is 278 g/mol. The number of aromatic nitrogens is 2. The molecular formula is C12H12BrN3. The van der Waals surface area contributed by atoms with E-state index in [1.54, 1.807) is 6.20 Å². The fourth-order valence-corrected chi connectivity index (χ4v) is 1.83. The fraction of sp³-hybridized carbons (Fsp3) is 0.167. The topological polar surface area (TPSA) is 37.8 Å². The lowest BCUT2D eigenvalue weighted by molar-refractivity contribution is 0.963. The summed E-state index contributed by atoms with van der Waals surface area (Å²) >= 11 is 3.39. The minimum absolute atomic E-state index is 0.753. The van der Waals surface area contributed by atoms with Gasteiger partial charge in [0.15, 0.2) is 0 Å². The highest BCUT2D eigenvalue weighted by Crippen LogP contribution is 2.18. The van der Waals surface area contributed by atoms with Crippen molar-refractivity contribution >= 4 is 21.7 Å². The average Bonchev–Trinajstić information content (AvgIpc) is 2.33. The molecule has 0 spiro atoms. The Hall–Kier alpha value is -1.42. The molecule has 0 aliphatic rings. The minimum atomic E-state index is 0.753. The van der Waals surface area contributed by atoms with Crippen LogP contribution in [0.15, 0.2) is 41.0 Å². The molecule has 3 nitrogen and oxygen atoms in total. The van der Waals surface area contributed by atoms with Gasteiger partial charge in [-0.15, -0.1) is 0 Å². The van der Waals surface area contributed by atoms with E-state index < -0.39 is 0 Å². The molecule has 16 heavy (non-hydrogen) atoms. The monoisotopic (exact) mass is 277 g/mol. The van der Waals surface area contributed by atoms with Crippen molar-refractivity contribution in [3.63, 3.8) is 0 Å². The van der Waals surface area contributed by atoms with Gasteiger partial charge in [-0.3, -0.25) is 0 Å². The number of nitrogens with one attached hydrogen (secondary N) is 1. The number of benzene rings is 1. The van der Waals surface area contributed by atoms with Gasteiger partial charge in [-0.1, -0.05) is 30.3 Å². The molecule has 0 amide bonds. The van der Waals surface area contributed by atoms with E-state index in [2.05, 4.69) is 43.3 Å². The Morgan fingerprint density at radius 3 is 2.69 bits per heavy atom. The maximum Gasteiger partial charge on any atom is 0.143 e. The second-order valence-electron chi connectivity index (χ2n) is 3.40. The van der Waals surface area contributed by atoms with Crippen LogP contribution in [0.25, 0.3) is 0 Å². The van der Waals surface area contributed by atoms with Crippen molar-refractivity contribution in [2.24, 2.45) is 0 Å². The number of hydrogen-bond donors (Lipinski definition) is 1. The normalized spacial score (nSPS) is 10.1. The van der Waals surface area contributed by atoms with Crippen LogP contribution in [-0.4, -0.2) is 17.0 Å². The summed E-state index contributed by atoms with van der Waals surface area (Å²) in [7, 11) is 1.85. The maximum atomic E-state index is 4.42. The van der Waals surface area contributed by atoms with Gasteiger partial charge >= 0.3 is 0 Å². The van der Waals surface area contributed by atoms with E-state index in [-0.39, 0.29) is 0 Å². The largest absolute Gasteiger partial charge is 0.372 e. The first-order chi connectivity index (χ1) is 7.79. The Morgan fingerprint density at radius 1 is 1.25 bits per heavy atom. The molecule has 1 aromatic carbocycles. The van der Waals surface area contributed by atoms with Crippen molar-refractivity contribution in [2.45, 2.75) is 6.42 Å². The zero-order valence-corrected chi connectivity index (χ0v) is 10.5. The smallest absolute Gasteiger partial charge is 0.143 e. The van der Waals surface area contributed by atoms with Gasteiger partial charge in [0, 0.05) is 19.7 Å². The summed E-state index contributed by atoms with van der Waals surface area (Å²) in [6, 6.07) is 10.2. The van der Waals surface area contributed by atoms with Gasteiger partial charge in [0.1, 0.15) is 11.6 Å². The SMILES string of the molecule is CNc1nc(Cc2ccccc2)ncc1Br. The van der Waals surface area contributed by atoms with E-state index in [1.165, 1.54) is 5.56 Å². The number of anilines is 1. The second kappa shape index (κ2) is 5.07. The highest BCUT2D eigenvalue weighted by atomic mass is 79.9. The van der Waals surface area contributed by atoms with Crippen molar-refractivity contribution in [3.05, 3.63) is 52.4 Å². The first-order valence-electron chi connectivity index (χ1n) is 5.02. The highest BCUT2D eigenvalue weighted by molar-refractivity contribution is 9.10. The lowest BCUT2D eigenvalue weighted by Gasteiger charge is -2.05. The summed E-state index contributed by atoms with van der Waals surface area (Å²) in [6.45, 7) is 0. The fourth-order valence-electron chi connectivity index (χ4n) is 1.44. The molecule has 0 bridgehead atoms. The van der Waals surface area contributed by atoms with E-state index in [0.717, 1.165) is 22.5 Å². The molecule has 82 valence electrons. The molecule has 0 aliphatic carbocycles. The molecule has 0 fully saturated rings. The Morgan fingerprint density at radius 2 is 2.00 bits per heavy atom. The third-order valence-corrected chi connectivity index (χ3v) is 2.82. The van der Waals surface area contributed by atoms with Gasteiger partial charge in [-0.2, -0.15) is 0 Å². The molecule has 0 saturated heterocycles. The zero-order chi connectivity index (χ0) is 11.4. The third kappa shape index (κ3) is 2.58. The number of hydrogen-bond acceptors (Lipinski definition) is 3. The second-order valence-corrected chi connectivity index (χ2v) is 4.25. The lowest BCUT2D eigenvalue weighted by Crippen LogP contribution is -2.01. The quantitative estimate of drug-likeness (QED) is 0.938. The van der Waals surface area contributed by atoms with Gasteiger partial charge in [-0.05, 0) is 21.5 Å². The summed E-state index contributed by atoms with van der Waals surface area (Å²) in [5.74, 6) is 1.64. The van der Waals surface area contributed by atoms with Gasteiger partial charge in [0.25, 0.3) is 0 Å². The van der Waals surface area contributed by atoms with Crippen molar-refractivity contribution in [2.75, 3.05) is 12.4 Å². The molecule has 1 heterocycles. The van der Waals surface area contributed by atoms with Crippen molar-refractivity contribution in [1.82, 2.24) is 9.97 Å². The van der Waals surface area contributed by atoms with Crippen LogP contribution in [0.1, 0.15) is 11.4 Å². The van der Waals surface area contributed by atoms with E-state index >= 15 is 0 Å². The lowest BCUT2D eigenvalue weighted by atomic mass is 10.1. The molecule has 2 rings (SSSR count). The van der Waals surface area contributed by atoms with Crippen LogP contribution in [0.5, 0.6) is 0 Å². The van der Waals surface area contributed by atoms with Crippen LogP contribution in [0, 0.1) is 0 Å². The summed E-state index contributed by atoms with van der Waals surface area (Å²) in [5, 5.41) is 3.02. The zero-order valence-electron chi connectivity index (χ0n) is 8.94. The van der Waals surface area contributed by atoms with E-state index in [0.29, 0.717) is 0 Å². The van der Waals surface area contributed by atoms with E-state index in [1.807, 2.05) is 25.2 Å². The Bertz CT molecular complexity index is 471. The molecule has 4 heteroatoms. The predicted molar refractivity (Wildman–Crippen MR) is 68.5 cm³/mol. The molecule has 0 aliphatic heterocycles. The van der Waals surface area contributed by atoms with Crippen LogP contribution in [0.4, 0.5) is 5.82 Å². The Kier molecular flexibility index (Phi) is 3.51. The molecule has 0 unspecified atom stereocenters. The predicted octanol–water partition coefficient (Wildman–Crippen LogP) is 2.87. The van der Waals surface area contributed by atoms with E-state index in [9.17, 15) is 0 Å². The molecule has 2 aromatic rings. The van der Waals surface area contributed by atoms with Crippen LogP contribution in [0.3, 0.4) is 0 Å². The van der Waals surface area contributed by atoms with E-state index in [4.69, 9.17) is 0 Å². The minimum Gasteiger partial charge on any atom is -0.372 e. The van der Waals surface area contributed by atoms with Gasteiger partial charge in [0.2, 0.25) is 0 Å². The molecular weight excluding hydrogens is 266 g/mol. The van der Waals surface area contributed by atoms with Crippen molar-refractivity contribution in [3.8, 4) is 0 Å².